The number of nitrogens with one attached hydrogen (secondary N) is 1. The summed E-state index contributed by atoms with van der Waals surface area (Å²) in [6.07, 6.45) is -2.03. The summed E-state index contributed by atoms with van der Waals surface area (Å²) >= 11 is 11.6. The standard InChI is InChI=1S/C18H12Cl2F3NO3/c19-14-6-4-11(8-15(14)20)5-7-17(26)27-10-16(25)24-13-3-1-2-12(9-13)18(21,22)23/h1-9H,10H2,(H,24,25). The van der Waals surface area contributed by atoms with Gasteiger partial charge in [-0.3, -0.25) is 4.79 Å². The number of hydrogen-bond acceptors (Lipinski definition) is 3. The minimum absolute atomic E-state index is 0.0581. The third-order valence-electron chi connectivity index (χ3n) is 3.17. The smallest absolute Gasteiger partial charge is 0.416 e. The summed E-state index contributed by atoms with van der Waals surface area (Å²) in [5.41, 5.74) is -0.367. The maximum Gasteiger partial charge on any atom is 0.416 e. The van der Waals surface area contributed by atoms with E-state index < -0.39 is 30.2 Å². The van der Waals surface area contributed by atoms with Crippen LogP contribution in [0.5, 0.6) is 0 Å². The molecule has 2 aromatic carbocycles. The Morgan fingerprint density at radius 2 is 1.81 bits per heavy atom. The molecule has 0 aromatic heterocycles. The zero-order valence-electron chi connectivity index (χ0n) is 13.5. The van der Waals surface area contributed by atoms with Crippen molar-refractivity contribution in [2.45, 2.75) is 6.18 Å². The van der Waals surface area contributed by atoms with Crippen molar-refractivity contribution in [3.63, 3.8) is 0 Å². The van der Waals surface area contributed by atoms with Crippen LogP contribution in [-0.2, 0) is 20.5 Å². The predicted octanol–water partition coefficient (Wildman–Crippen LogP) is 5.21. The molecule has 9 heteroatoms. The van der Waals surface area contributed by atoms with Crippen molar-refractivity contribution in [1.82, 2.24) is 0 Å². The minimum atomic E-state index is -4.53. The molecule has 0 fully saturated rings. The molecule has 4 nitrogen and oxygen atoms in total. The van der Waals surface area contributed by atoms with E-state index in [4.69, 9.17) is 27.9 Å². The van der Waals surface area contributed by atoms with Crippen LogP contribution >= 0.6 is 23.2 Å². The quantitative estimate of drug-likeness (QED) is 0.536. The van der Waals surface area contributed by atoms with Crippen LogP contribution < -0.4 is 5.32 Å². The number of hydrogen-bond donors (Lipinski definition) is 1. The van der Waals surface area contributed by atoms with Gasteiger partial charge in [0.2, 0.25) is 0 Å². The van der Waals surface area contributed by atoms with E-state index in [0.29, 0.717) is 15.6 Å². The fourth-order valence-corrected chi connectivity index (χ4v) is 2.24. The Balaban J connectivity index is 1.87. The van der Waals surface area contributed by atoms with E-state index in [2.05, 4.69) is 5.32 Å². The van der Waals surface area contributed by atoms with E-state index in [1.165, 1.54) is 18.2 Å². The lowest BCUT2D eigenvalue weighted by Gasteiger charge is -2.09. The van der Waals surface area contributed by atoms with Crippen LogP contribution in [0.3, 0.4) is 0 Å². The normalized spacial score (nSPS) is 11.4. The lowest BCUT2D eigenvalue weighted by molar-refractivity contribution is -0.142. The van der Waals surface area contributed by atoms with Gasteiger partial charge in [0.05, 0.1) is 15.6 Å². The molecule has 2 aromatic rings. The maximum atomic E-state index is 12.6. The van der Waals surface area contributed by atoms with Gasteiger partial charge in [-0.1, -0.05) is 35.3 Å². The monoisotopic (exact) mass is 417 g/mol. The van der Waals surface area contributed by atoms with Crippen LogP contribution in [0.1, 0.15) is 11.1 Å². The van der Waals surface area contributed by atoms with Crippen LogP contribution in [-0.4, -0.2) is 18.5 Å². The molecule has 0 radical (unpaired) electrons. The summed E-state index contributed by atoms with van der Waals surface area (Å²) < 4.78 is 42.6. The Hall–Kier alpha value is -2.51. The molecule has 0 saturated heterocycles. The highest BCUT2D eigenvalue weighted by Gasteiger charge is 2.30. The highest BCUT2D eigenvalue weighted by molar-refractivity contribution is 6.42. The molecule has 0 bridgehead atoms. The molecule has 1 amide bonds. The molecular weight excluding hydrogens is 406 g/mol. The molecule has 0 unspecified atom stereocenters. The number of carbonyl (C=O) groups excluding carboxylic acids is 2. The molecule has 1 N–H and O–H groups in total. The van der Waals surface area contributed by atoms with E-state index in [1.54, 1.807) is 12.1 Å². The van der Waals surface area contributed by atoms with Gasteiger partial charge in [0.15, 0.2) is 6.61 Å². The number of ether oxygens (including phenoxy) is 1. The van der Waals surface area contributed by atoms with Crippen molar-refractivity contribution < 1.29 is 27.5 Å². The molecule has 0 atom stereocenters. The molecule has 27 heavy (non-hydrogen) atoms. The average Bonchev–Trinajstić information content (AvgIpc) is 2.60. The van der Waals surface area contributed by atoms with Gasteiger partial charge >= 0.3 is 12.1 Å². The molecule has 142 valence electrons. The van der Waals surface area contributed by atoms with Crippen LogP contribution in [0.25, 0.3) is 6.08 Å². The van der Waals surface area contributed by atoms with Crippen molar-refractivity contribution in [2.75, 3.05) is 11.9 Å². The maximum absolute atomic E-state index is 12.6. The Morgan fingerprint density at radius 1 is 1.07 bits per heavy atom. The van der Waals surface area contributed by atoms with E-state index in [1.807, 2.05) is 0 Å². The van der Waals surface area contributed by atoms with Crippen molar-refractivity contribution >= 4 is 46.8 Å². The first kappa shape index (κ1) is 20.8. The Labute approximate surface area is 162 Å². The second-order valence-electron chi connectivity index (χ2n) is 5.24. The molecule has 0 spiro atoms. The van der Waals surface area contributed by atoms with Crippen molar-refractivity contribution in [3.8, 4) is 0 Å². The van der Waals surface area contributed by atoms with Gasteiger partial charge in [-0.25, -0.2) is 4.79 Å². The fraction of sp³-hybridized carbons (Fsp3) is 0.111. The van der Waals surface area contributed by atoms with E-state index in [-0.39, 0.29) is 5.69 Å². The molecule has 0 aliphatic carbocycles. The van der Waals surface area contributed by atoms with Gasteiger partial charge in [0.1, 0.15) is 0 Å². The van der Waals surface area contributed by atoms with Crippen molar-refractivity contribution in [3.05, 3.63) is 69.7 Å². The molecular formula is C18H12Cl2F3NO3. The van der Waals surface area contributed by atoms with E-state index in [0.717, 1.165) is 24.3 Å². The second kappa shape index (κ2) is 8.92. The van der Waals surface area contributed by atoms with E-state index in [9.17, 15) is 22.8 Å². The minimum Gasteiger partial charge on any atom is -0.452 e. The van der Waals surface area contributed by atoms with Crippen molar-refractivity contribution in [1.29, 1.82) is 0 Å². The SMILES string of the molecule is O=C(COC(=O)C=Cc1ccc(Cl)c(Cl)c1)Nc1cccc(C(F)(F)F)c1. The first-order valence-electron chi connectivity index (χ1n) is 7.42. The number of alkyl halides is 3. The predicted molar refractivity (Wildman–Crippen MR) is 96.5 cm³/mol. The van der Waals surface area contributed by atoms with E-state index >= 15 is 0 Å². The van der Waals surface area contributed by atoms with Crippen LogP contribution in [0.4, 0.5) is 18.9 Å². The summed E-state index contributed by atoms with van der Waals surface area (Å²) in [5, 5.41) is 2.90. The number of amides is 1. The number of rotatable bonds is 5. The highest BCUT2D eigenvalue weighted by Crippen LogP contribution is 2.30. The number of carbonyl (C=O) groups is 2. The largest absolute Gasteiger partial charge is 0.452 e. The van der Waals surface area contributed by atoms with Crippen molar-refractivity contribution in [2.24, 2.45) is 0 Å². The third kappa shape index (κ3) is 6.62. The number of halogens is 5. The highest BCUT2D eigenvalue weighted by atomic mass is 35.5. The fourth-order valence-electron chi connectivity index (χ4n) is 1.94. The lowest BCUT2D eigenvalue weighted by Crippen LogP contribution is -2.20. The molecule has 2 rings (SSSR count). The first-order chi connectivity index (χ1) is 12.6. The molecule has 0 saturated carbocycles. The third-order valence-corrected chi connectivity index (χ3v) is 3.91. The van der Waals surface area contributed by atoms with Crippen LogP contribution in [0, 0.1) is 0 Å². The van der Waals surface area contributed by atoms with Crippen LogP contribution in [0.15, 0.2) is 48.5 Å². The van der Waals surface area contributed by atoms with Gasteiger partial charge in [-0.05, 0) is 42.0 Å². The molecule has 0 heterocycles. The van der Waals surface area contributed by atoms with Gasteiger partial charge < -0.3 is 10.1 Å². The summed E-state index contributed by atoms with van der Waals surface area (Å²) in [5.74, 6) is -1.58. The van der Waals surface area contributed by atoms with Gasteiger partial charge in [-0.15, -0.1) is 0 Å². The van der Waals surface area contributed by atoms with Gasteiger partial charge in [-0.2, -0.15) is 13.2 Å². The molecule has 0 aliphatic rings. The zero-order valence-corrected chi connectivity index (χ0v) is 15.0. The topological polar surface area (TPSA) is 55.4 Å². The number of anilines is 1. The second-order valence-corrected chi connectivity index (χ2v) is 6.06. The average molecular weight is 418 g/mol. The van der Waals surface area contributed by atoms with Crippen LogP contribution in [0.2, 0.25) is 10.0 Å². The summed E-state index contributed by atoms with van der Waals surface area (Å²) in [4.78, 5) is 23.3. The Morgan fingerprint density at radius 3 is 2.48 bits per heavy atom. The lowest BCUT2D eigenvalue weighted by atomic mass is 10.2. The van der Waals surface area contributed by atoms with Gasteiger partial charge in [0.25, 0.3) is 5.91 Å². The zero-order chi connectivity index (χ0) is 20.0. The van der Waals surface area contributed by atoms with Gasteiger partial charge in [0, 0.05) is 11.8 Å². The molecule has 0 aliphatic heterocycles. The summed E-state index contributed by atoms with van der Waals surface area (Å²) in [6.45, 7) is -0.652. The Bertz CT molecular complexity index is 882. The number of benzene rings is 2. The number of esters is 1. The summed E-state index contributed by atoms with van der Waals surface area (Å²) in [6, 6.07) is 8.82. The summed E-state index contributed by atoms with van der Waals surface area (Å²) in [7, 11) is 0. The Kier molecular flexibility index (Phi) is 6.87. The first-order valence-corrected chi connectivity index (χ1v) is 8.18.